The van der Waals surface area contributed by atoms with E-state index in [0.29, 0.717) is 6.42 Å². The second-order valence-electron chi connectivity index (χ2n) is 4.79. The van der Waals surface area contributed by atoms with Gasteiger partial charge in [-0.2, -0.15) is 0 Å². The molecule has 1 atom stereocenters. The number of hydrogen-bond acceptors (Lipinski definition) is 3. The van der Waals surface area contributed by atoms with E-state index in [1.165, 1.54) is 0 Å². The molecule has 0 unspecified atom stereocenters. The zero-order valence-corrected chi connectivity index (χ0v) is 14.3. The van der Waals surface area contributed by atoms with Crippen LogP contribution in [-0.2, 0) is 9.59 Å². The maximum atomic E-state index is 10.8. The summed E-state index contributed by atoms with van der Waals surface area (Å²) in [6.45, 7) is 3.61. The number of nitrogens with one attached hydrogen (secondary N) is 1. The van der Waals surface area contributed by atoms with Crippen LogP contribution in [0.1, 0.15) is 20.3 Å². The van der Waals surface area contributed by atoms with Gasteiger partial charge in [0.25, 0.3) is 0 Å². The Kier molecular flexibility index (Phi) is 12.1. The molecule has 0 bridgehead atoms. The summed E-state index contributed by atoms with van der Waals surface area (Å²) in [6.07, 6.45) is 0.418. The summed E-state index contributed by atoms with van der Waals surface area (Å²) in [5.41, 5.74) is 5.05. The first kappa shape index (κ1) is 19.0. The normalized spacial score (nSPS) is 11.8. The van der Waals surface area contributed by atoms with Crippen molar-refractivity contribution in [2.24, 2.45) is 11.7 Å². The van der Waals surface area contributed by atoms with Crippen molar-refractivity contribution in [2.45, 2.75) is 41.1 Å². The number of carboxylic acids is 1. The molecule has 17 heavy (non-hydrogen) atoms. The molecule has 0 spiro atoms. The predicted molar refractivity (Wildman–Crippen MR) is 71.4 cm³/mol. The summed E-state index contributed by atoms with van der Waals surface area (Å²) >= 11 is -0.543. The van der Waals surface area contributed by atoms with Crippen molar-refractivity contribution < 1.29 is 14.7 Å². The van der Waals surface area contributed by atoms with Gasteiger partial charge in [0.2, 0.25) is 5.91 Å². The van der Waals surface area contributed by atoms with Crippen molar-refractivity contribution in [1.82, 2.24) is 5.32 Å². The third kappa shape index (κ3) is 15.7. The number of hydrogen-bond donors (Lipinski definition) is 3. The molecule has 0 heterocycles. The van der Waals surface area contributed by atoms with Crippen LogP contribution in [0.15, 0.2) is 0 Å². The number of amides is 1. The maximum absolute atomic E-state index is 10.8. The van der Waals surface area contributed by atoms with Gasteiger partial charge in [0.05, 0.1) is 6.54 Å². The number of carboxylic acid groups (broad SMARTS) is 1. The van der Waals surface area contributed by atoms with Gasteiger partial charge in [-0.15, -0.1) is 0 Å². The number of nitrogens with two attached hydrogens (primary N) is 1. The average Bonchev–Trinajstić information content (AvgIpc) is 2.14. The Labute approximate surface area is 111 Å². The minimum atomic E-state index is -1.02. The number of carbonyl (C=O) groups excluding carboxylic acids is 1. The summed E-state index contributed by atoms with van der Waals surface area (Å²) in [6, 6.07) is -0.823. The SMILES string of the molecule is CC(C)C[C@@H](NC(=O)CN)C(=O)O.[CH3][Sn]([CH3])[CH3]. The quantitative estimate of drug-likeness (QED) is 0.642. The second-order valence-corrected chi connectivity index (χ2v) is 13.4. The van der Waals surface area contributed by atoms with Crippen LogP contribution >= 0.6 is 0 Å². The van der Waals surface area contributed by atoms with Crippen LogP contribution in [-0.4, -0.2) is 49.3 Å². The number of aliphatic carboxylic acids is 1. The fourth-order valence-electron chi connectivity index (χ4n) is 0.946. The van der Waals surface area contributed by atoms with E-state index in [2.05, 4.69) is 20.1 Å². The standard InChI is InChI=1S/C8H16N2O3.3CH3.Sn/c1-5(2)3-6(8(12)13)10-7(11)4-9;;;;/h5-6H,3-4,9H2,1-2H3,(H,10,11)(H,12,13);3*1H3;/t6-;;;;/m1..../s1. The van der Waals surface area contributed by atoms with E-state index < -0.39 is 37.7 Å². The Hall–Kier alpha value is -0.301. The van der Waals surface area contributed by atoms with Crippen LogP contribution in [0.4, 0.5) is 0 Å². The van der Waals surface area contributed by atoms with Crippen LogP contribution in [0.2, 0.25) is 14.8 Å². The minimum absolute atomic E-state index is 0.179. The molecule has 0 aromatic rings. The fourth-order valence-corrected chi connectivity index (χ4v) is 0.946. The summed E-state index contributed by atoms with van der Waals surface area (Å²) in [5.74, 6) is -1.23. The molecule has 1 amide bonds. The van der Waals surface area contributed by atoms with Crippen molar-refractivity contribution in [2.75, 3.05) is 6.54 Å². The Morgan fingerprint density at radius 1 is 1.29 bits per heavy atom. The predicted octanol–water partition coefficient (Wildman–Crippen LogP) is 0.931. The molecule has 101 valence electrons. The van der Waals surface area contributed by atoms with Crippen molar-refractivity contribution >= 4 is 31.6 Å². The molecule has 6 heteroatoms. The summed E-state index contributed by atoms with van der Waals surface area (Å²) in [4.78, 5) is 28.5. The van der Waals surface area contributed by atoms with Crippen molar-refractivity contribution in [3.05, 3.63) is 0 Å². The topological polar surface area (TPSA) is 92.4 Å². The molecule has 5 nitrogen and oxygen atoms in total. The Bertz CT molecular complexity index is 230. The molecule has 0 aliphatic carbocycles. The molecular formula is C11H25N2O3Sn. The van der Waals surface area contributed by atoms with E-state index in [-0.39, 0.29) is 12.5 Å². The van der Waals surface area contributed by atoms with Crippen LogP contribution in [0.5, 0.6) is 0 Å². The molecule has 0 rings (SSSR count). The van der Waals surface area contributed by atoms with Crippen LogP contribution in [0.3, 0.4) is 0 Å². The average molecular weight is 352 g/mol. The van der Waals surface area contributed by atoms with Crippen molar-refractivity contribution in [3.8, 4) is 0 Å². The number of carbonyl (C=O) groups is 2. The van der Waals surface area contributed by atoms with Crippen LogP contribution < -0.4 is 11.1 Å². The van der Waals surface area contributed by atoms with Crippen LogP contribution in [0, 0.1) is 5.92 Å². The second kappa shape index (κ2) is 10.8. The third-order valence-corrected chi connectivity index (χ3v) is 1.53. The molecule has 0 aliphatic rings. The van der Waals surface area contributed by atoms with Gasteiger partial charge in [-0.25, -0.2) is 4.79 Å². The van der Waals surface area contributed by atoms with Crippen LogP contribution in [0.25, 0.3) is 0 Å². The Balaban J connectivity index is 0. The van der Waals surface area contributed by atoms with Gasteiger partial charge in [0, 0.05) is 0 Å². The molecule has 0 aliphatic heterocycles. The molecule has 1 radical (unpaired) electrons. The Morgan fingerprint density at radius 3 is 1.94 bits per heavy atom. The number of rotatable bonds is 5. The van der Waals surface area contributed by atoms with Gasteiger partial charge in [-0.1, -0.05) is 13.8 Å². The molecule has 0 fully saturated rings. The van der Waals surface area contributed by atoms with E-state index in [1.807, 2.05) is 13.8 Å². The summed E-state index contributed by atoms with van der Waals surface area (Å²) in [7, 11) is 0. The molecule has 0 saturated heterocycles. The van der Waals surface area contributed by atoms with Gasteiger partial charge < -0.3 is 16.2 Å². The Morgan fingerprint density at radius 2 is 1.71 bits per heavy atom. The van der Waals surface area contributed by atoms with E-state index >= 15 is 0 Å². The van der Waals surface area contributed by atoms with E-state index in [1.54, 1.807) is 0 Å². The first-order valence-electron chi connectivity index (χ1n) is 5.69. The van der Waals surface area contributed by atoms with Gasteiger partial charge in [0.1, 0.15) is 6.04 Å². The molecule has 0 saturated carbocycles. The van der Waals surface area contributed by atoms with Gasteiger partial charge in [-0.05, 0) is 12.3 Å². The molecule has 4 N–H and O–H groups in total. The molecule has 0 aromatic heterocycles. The van der Waals surface area contributed by atoms with E-state index in [4.69, 9.17) is 10.8 Å². The van der Waals surface area contributed by atoms with Crippen molar-refractivity contribution in [1.29, 1.82) is 0 Å². The summed E-state index contributed by atoms with van der Waals surface area (Å²) in [5, 5.41) is 11.0. The zero-order chi connectivity index (χ0) is 14.0. The third-order valence-electron chi connectivity index (χ3n) is 1.53. The van der Waals surface area contributed by atoms with Gasteiger partial charge in [-0.3, -0.25) is 4.79 Å². The molecular weight excluding hydrogens is 327 g/mol. The van der Waals surface area contributed by atoms with E-state index in [0.717, 1.165) is 0 Å². The van der Waals surface area contributed by atoms with Gasteiger partial charge in [0.15, 0.2) is 0 Å². The first-order valence-corrected chi connectivity index (χ1v) is 14.3. The first-order chi connectivity index (χ1) is 7.70. The van der Waals surface area contributed by atoms with Gasteiger partial charge >= 0.3 is 40.5 Å². The zero-order valence-electron chi connectivity index (χ0n) is 11.4. The fraction of sp³-hybridized carbons (Fsp3) is 0.818. The van der Waals surface area contributed by atoms with Crippen molar-refractivity contribution in [3.63, 3.8) is 0 Å². The monoisotopic (exact) mass is 353 g/mol. The van der Waals surface area contributed by atoms with E-state index in [9.17, 15) is 9.59 Å². The molecule has 0 aromatic carbocycles. The summed E-state index contributed by atoms with van der Waals surface area (Å²) < 4.78 is 0.